The molecule has 0 aromatic carbocycles. The summed E-state index contributed by atoms with van der Waals surface area (Å²) in [6.07, 6.45) is 5.42. The lowest BCUT2D eigenvalue weighted by Gasteiger charge is -2.27. The number of hydrogen-bond donors (Lipinski definition) is 0. The smallest absolute Gasteiger partial charge is 0.225 e. The van der Waals surface area contributed by atoms with Crippen LogP contribution in [0.2, 0.25) is 0 Å². The van der Waals surface area contributed by atoms with Gasteiger partial charge in [-0.3, -0.25) is 4.79 Å². The maximum atomic E-state index is 11.0. The molecule has 0 atom stereocenters. The highest BCUT2D eigenvalue weighted by molar-refractivity contribution is 5.59. The van der Waals surface area contributed by atoms with E-state index < -0.39 is 5.79 Å². The normalized spacial score (nSPS) is 11.7. The first-order valence-electron chi connectivity index (χ1n) is 5.98. The van der Waals surface area contributed by atoms with Crippen LogP contribution in [0, 0.1) is 0 Å². The van der Waals surface area contributed by atoms with Crippen molar-refractivity contribution >= 4 is 6.29 Å². The van der Waals surface area contributed by atoms with Gasteiger partial charge in [0, 0.05) is 6.42 Å². The molecule has 0 aromatic heterocycles. The highest BCUT2D eigenvalue weighted by Gasteiger charge is 2.29. The minimum atomic E-state index is -0.996. The molecule has 0 spiro atoms. The van der Waals surface area contributed by atoms with Gasteiger partial charge in [-0.2, -0.15) is 0 Å². The Kier molecular flexibility index (Phi) is 8.62. The zero-order valence-electron chi connectivity index (χ0n) is 10.3. The molecule has 0 rings (SSSR count). The lowest BCUT2D eigenvalue weighted by Crippen LogP contribution is -2.38. The van der Waals surface area contributed by atoms with E-state index in [0.717, 1.165) is 32.0 Å². The summed E-state index contributed by atoms with van der Waals surface area (Å²) in [5.74, 6) is -0.996. The van der Waals surface area contributed by atoms with Crippen LogP contribution in [0.4, 0.5) is 0 Å². The summed E-state index contributed by atoms with van der Waals surface area (Å²) in [6, 6.07) is 0. The van der Waals surface area contributed by atoms with Crippen molar-refractivity contribution in [1.82, 2.24) is 0 Å². The van der Waals surface area contributed by atoms with E-state index >= 15 is 0 Å². The average Bonchev–Trinajstić information content (AvgIpc) is 2.28. The summed E-state index contributed by atoms with van der Waals surface area (Å²) in [6.45, 7) is 7.28. The molecule has 0 aliphatic rings. The lowest BCUT2D eigenvalue weighted by molar-refractivity contribution is -0.221. The van der Waals surface area contributed by atoms with Crippen LogP contribution in [0.25, 0.3) is 0 Å². The van der Waals surface area contributed by atoms with Crippen molar-refractivity contribution in [3.8, 4) is 0 Å². The Morgan fingerprint density at radius 1 is 1.00 bits per heavy atom. The zero-order valence-corrected chi connectivity index (χ0v) is 10.3. The van der Waals surface area contributed by atoms with Crippen LogP contribution in [-0.2, 0) is 14.3 Å². The number of aldehydes is 1. The zero-order chi connectivity index (χ0) is 11.6. The summed E-state index contributed by atoms with van der Waals surface area (Å²) >= 11 is 0. The summed E-state index contributed by atoms with van der Waals surface area (Å²) in [4.78, 5) is 11.0. The Morgan fingerprint density at radius 2 is 1.47 bits per heavy atom. The second-order valence-electron chi connectivity index (χ2n) is 3.69. The van der Waals surface area contributed by atoms with E-state index in [-0.39, 0.29) is 0 Å². The summed E-state index contributed by atoms with van der Waals surface area (Å²) in [5.41, 5.74) is 0. The molecule has 0 saturated heterocycles. The quantitative estimate of drug-likeness (QED) is 0.320. The van der Waals surface area contributed by atoms with E-state index in [0.29, 0.717) is 19.6 Å². The van der Waals surface area contributed by atoms with Gasteiger partial charge in [0.15, 0.2) is 6.29 Å². The monoisotopic (exact) mass is 216 g/mol. The van der Waals surface area contributed by atoms with Crippen LogP contribution in [-0.4, -0.2) is 25.3 Å². The topological polar surface area (TPSA) is 35.5 Å². The molecular formula is C12H24O3. The van der Waals surface area contributed by atoms with Crippen molar-refractivity contribution in [2.75, 3.05) is 13.2 Å². The SMILES string of the molecule is CCCCOC(C=O)(CC)OCCCC. The van der Waals surface area contributed by atoms with E-state index in [9.17, 15) is 4.79 Å². The minimum Gasteiger partial charge on any atom is -0.344 e. The van der Waals surface area contributed by atoms with Gasteiger partial charge in [0.25, 0.3) is 0 Å². The molecule has 0 aliphatic heterocycles. The molecule has 0 saturated carbocycles. The fourth-order valence-corrected chi connectivity index (χ4v) is 1.18. The number of unbranched alkanes of at least 4 members (excludes halogenated alkanes) is 2. The van der Waals surface area contributed by atoms with Crippen LogP contribution in [0.3, 0.4) is 0 Å². The Bertz CT molecular complexity index is 147. The molecule has 3 heteroatoms. The summed E-state index contributed by atoms with van der Waals surface area (Å²) in [7, 11) is 0. The predicted octanol–water partition coefficient (Wildman–Crippen LogP) is 2.93. The van der Waals surface area contributed by atoms with Crippen LogP contribution < -0.4 is 0 Å². The Morgan fingerprint density at radius 3 is 1.73 bits per heavy atom. The van der Waals surface area contributed by atoms with Crippen molar-refractivity contribution in [2.45, 2.75) is 58.7 Å². The number of ether oxygens (including phenoxy) is 2. The Hall–Kier alpha value is -0.410. The number of rotatable bonds is 10. The van der Waals surface area contributed by atoms with E-state index in [2.05, 4.69) is 13.8 Å². The molecule has 0 heterocycles. The van der Waals surface area contributed by atoms with Gasteiger partial charge < -0.3 is 9.47 Å². The molecule has 0 unspecified atom stereocenters. The van der Waals surface area contributed by atoms with Gasteiger partial charge in [0.05, 0.1) is 13.2 Å². The molecular weight excluding hydrogens is 192 g/mol. The first-order chi connectivity index (χ1) is 7.24. The maximum absolute atomic E-state index is 11.0. The minimum absolute atomic E-state index is 0.573. The molecule has 3 nitrogen and oxygen atoms in total. The van der Waals surface area contributed by atoms with E-state index in [1.165, 1.54) is 0 Å². The van der Waals surface area contributed by atoms with Gasteiger partial charge in [0.2, 0.25) is 5.79 Å². The highest BCUT2D eigenvalue weighted by Crippen LogP contribution is 2.16. The lowest BCUT2D eigenvalue weighted by atomic mass is 10.2. The second kappa shape index (κ2) is 8.86. The molecule has 0 fully saturated rings. The standard InChI is InChI=1S/C12H24O3/c1-4-7-9-14-12(6-3,11-13)15-10-8-5-2/h11H,4-10H2,1-3H3. The number of carbonyl (C=O) groups is 1. The van der Waals surface area contributed by atoms with Crippen molar-refractivity contribution < 1.29 is 14.3 Å². The van der Waals surface area contributed by atoms with Crippen LogP contribution in [0.5, 0.6) is 0 Å². The number of carbonyl (C=O) groups excluding carboxylic acids is 1. The molecule has 0 aliphatic carbocycles. The summed E-state index contributed by atoms with van der Waals surface area (Å²) in [5, 5.41) is 0. The first kappa shape index (κ1) is 14.6. The molecule has 0 amide bonds. The maximum Gasteiger partial charge on any atom is 0.225 e. The van der Waals surface area contributed by atoms with E-state index in [1.54, 1.807) is 0 Å². The van der Waals surface area contributed by atoms with Gasteiger partial charge in [-0.25, -0.2) is 0 Å². The third-order valence-corrected chi connectivity index (χ3v) is 2.36. The fourth-order valence-electron chi connectivity index (χ4n) is 1.18. The first-order valence-corrected chi connectivity index (χ1v) is 5.98. The van der Waals surface area contributed by atoms with Gasteiger partial charge in [-0.05, 0) is 12.8 Å². The van der Waals surface area contributed by atoms with Crippen LogP contribution in [0.15, 0.2) is 0 Å². The molecule has 0 radical (unpaired) electrons. The molecule has 90 valence electrons. The van der Waals surface area contributed by atoms with Gasteiger partial charge >= 0.3 is 0 Å². The molecule has 0 aromatic rings. The summed E-state index contributed by atoms with van der Waals surface area (Å²) < 4.78 is 11.0. The Labute approximate surface area is 93.1 Å². The third kappa shape index (κ3) is 5.90. The number of hydrogen-bond acceptors (Lipinski definition) is 3. The van der Waals surface area contributed by atoms with E-state index in [1.807, 2.05) is 6.92 Å². The van der Waals surface area contributed by atoms with Crippen molar-refractivity contribution in [3.63, 3.8) is 0 Å². The largest absolute Gasteiger partial charge is 0.344 e. The van der Waals surface area contributed by atoms with Crippen LogP contribution in [0.1, 0.15) is 52.9 Å². The molecule has 0 bridgehead atoms. The van der Waals surface area contributed by atoms with E-state index in [4.69, 9.17) is 9.47 Å². The van der Waals surface area contributed by atoms with Crippen molar-refractivity contribution in [3.05, 3.63) is 0 Å². The predicted molar refractivity (Wildman–Crippen MR) is 60.8 cm³/mol. The third-order valence-electron chi connectivity index (χ3n) is 2.36. The van der Waals surface area contributed by atoms with Crippen molar-refractivity contribution in [2.24, 2.45) is 0 Å². The van der Waals surface area contributed by atoms with Crippen molar-refractivity contribution in [1.29, 1.82) is 0 Å². The average molecular weight is 216 g/mol. The fraction of sp³-hybridized carbons (Fsp3) is 0.917. The van der Waals surface area contributed by atoms with Gasteiger partial charge in [-0.15, -0.1) is 0 Å². The highest BCUT2D eigenvalue weighted by atomic mass is 16.7. The van der Waals surface area contributed by atoms with Gasteiger partial charge in [-0.1, -0.05) is 33.6 Å². The van der Waals surface area contributed by atoms with Gasteiger partial charge in [0.1, 0.15) is 0 Å². The van der Waals surface area contributed by atoms with Crippen LogP contribution >= 0.6 is 0 Å². The Balaban J connectivity index is 3.99. The second-order valence-corrected chi connectivity index (χ2v) is 3.69. The molecule has 0 N–H and O–H groups in total. The molecule has 15 heavy (non-hydrogen) atoms.